The highest BCUT2D eigenvalue weighted by Gasteiger charge is 2.09. The van der Waals surface area contributed by atoms with Gasteiger partial charge in [-0.1, -0.05) is 56.3 Å². The second kappa shape index (κ2) is 6.77. The molecule has 0 aliphatic rings. The minimum Gasteiger partial charge on any atom is -0.334 e. The second-order valence-electron chi connectivity index (χ2n) is 5.23. The molecule has 0 aliphatic carbocycles. The van der Waals surface area contributed by atoms with Gasteiger partial charge in [0.2, 0.25) is 0 Å². The lowest BCUT2D eigenvalue weighted by Crippen LogP contribution is -1.98. The number of halogens is 1. The molecule has 0 aliphatic heterocycles. The molecule has 110 valence electrons. The van der Waals surface area contributed by atoms with Crippen LogP contribution in [0.4, 0.5) is 0 Å². The molecule has 1 aromatic carbocycles. The Bertz CT molecular complexity index is 667. The molecule has 0 radical (unpaired) electrons. The highest BCUT2D eigenvalue weighted by molar-refractivity contribution is 6.48. The third kappa shape index (κ3) is 3.64. The smallest absolute Gasteiger partial charge is 0.135 e. The van der Waals surface area contributed by atoms with Crippen LogP contribution >= 0.6 is 11.6 Å². The molecule has 0 amide bonds. The van der Waals surface area contributed by atoms with E-state index in [1.54, 1.807) is 0 Å². The molecule has 0 spiro atoms. The Hall–Kier alpha value is -1.80. The van der Waals surface area contributed by atoms with Gasteiger partial charge in [0.15, 0.2) is 0 Å². The molecule has 0 N–H and O–H groups in total. The predicted molar refractivity (Wildman–Crippen MR) is 91.2 cm³/mol. The Morgan fingerprint density at radius 2 is 2.24 bits per heavy atom. The van der Waals surface area contributed by atoms with Gasteiger partial charge in [-0.2, -0.15) is 0 Å². The van der Waals surface area contributed by atoms with Crippen molar-refractivity contribution in [3.05, 3.63) is 66.3 Å². The Morgan fingerprint density at radius 3 is 2.81 bits per heavy atom. The lowest BCUT2D eigenvalue weighted by molar-refractivity contribution is 0.873. The van der Waals surface area contributed by atoms with Crippen LogP contribution in [0.25, 0.3) is 10.6 Å². The van der Waals surface area contributed by atoms with Crippen molar-refractivity contribution in [3.63, 3.8) is 0 Å². The van der Waals surface area contributed by atoms with Gasteiger partial charge in [-0.15, -0.1) is 0 Å². The molecule has 1 unspecified atom stereocenters. The molecule has 1 heterocycles. The number of aryl methyl sites for hydroxylation is 1. The van der Waals surface area contributed by atoms with Crippen molar-refractivity contribution in [2.24, 2.45) is 7.05 Å². The monoisotopic (exact) mass is 300 g/mol. The molecule has 2 nitrogen and oxygen atoms in total. The van der Waals surface area contributed by atoms with Crippen LogP contribution in [-0.4, -0.2) is 9.55 Å². The predicted octanol–water partition coefficient (Wildman–Crippen LogP) is 5.23. The maximum atomic E-state index is 5.99. The molecule has 0 saturated carbocycles. The van der Waals surface area contributed by atoms with Crippen LogP contribution in [0.2, 0.25) is 0 Å². The van der Waals surface area contributed by atoms with E-state index in [4.69, 9.17) is 11.6 Å². The fraction of sp³-hybridized carbons (Fsp3) is 0.278. The summed E-state index contributed by atoms with van der Waals surface area (Å²) >= 11 is 5.99. The van der Waals surface area contributed by atoms with Gasteiger partial charge < -0.3 is 4.57 Å². The first kappa shape index (κ1) is 15.6. The molecule has 0 bridgehead atoms. The number of hydrogen-bond acceptors (Lipinski definition) is 1. The first-order chi connectivity index (χ1) is 10.0. The van der Waals surface area contributed by atoms with Crippen molar-refractivity contribution in [1.82, 2.24) is 9.55 Å². The maximum absolute atomic E-state index is 5.99. The Balaban J connectivity index is 2.32. The zero-order valence-corrected chi connectivity index (χ0v) is 13.6. The molecule has 2 rings (SSSR count). The van der Waals surface area contributed by atoms with E-state index in [2.05, 4.69) is 48.2 Å². The van der Waals surface area contributed by atoms with Gasteiger partial charge >= 0.3 is 0 Å². The summed E-state index contributed by atoms with van der Waals surface area (Å²) in [6, 6.07) is 8.22. The van der Waals surface area contributed by atoms with E-state index in [-0.39, 0.29) is 0 Å². The van der Waals surface area contributed by atoms with Crippen molar-refractivity contribution in [1.29, 1.82) is 0 Å². The number of hydrogen-bond donors (Lipinski definition) is 0. The SMILES string of the molecule is C=C(Cl)c1cccc(C(C)/C=C(/CC)c2nccn2C)c1. The molecule has 1 aromatic heterocycles. The van der Waals surface area contributed by atoms with Crippen LogP contribution in [0, 0.1) is 0 Å². The van der Waals surface area contributed by atoms with Gasteiger partial charge in [0.05, 0.1) is 0 Å². The summed E-state index contributed by atoms with van der Waals surface area (Å²) in [7, 11) is 2.02. The number of imidazole rings is 1. The van der Waals surface area contributed by atoms with E-state index in [1.165, 1.54) is 11.1 Å². The molecular formula is C18H21ClN2. The van der Waals surface area contributed by atoms with Gasteiger partial charge in [0.1, 0.15) is 5.82 Å². The number of allylic oxidation sites excluding steroid dienone is 2. The molecule has 2 aromatic rings. The van der Waals surface area contributed by atoms with Crippen molar-refractivity contribution < 1.29 is 0 Å². The lowest BCUT2D eigenvalue weighted by Gasteiger charge is -2.12. The van der Waals surface area contributed by atoms with Crippen LogP contribution in [0.15, 0.2) is 49.3 Å². The third-order valence-corrected chi connectivity index (χ3v) is 3.88. The highest BCUT2D eigenvalue weighted by Crippen LogP contribution is 2.26. The van der Waals surface area contributed by atoms with Gasteiger partial charge in [0, 0.05) is 24.5 Å². The van der Waals surface area contributed by atoms with Crippen molar-refractivity contribution in [2.45, 2.75) is 26.2 Å². The number of aromatic nitrogens is 2. The minimum absolute atomic E-state index is 0.299. The minimum atomic E-state index is 0.299. The Morgan fingerprint density at radius 1 is 1.48 bits per heavy atom. The topological polar surface area (TPSA) is 17.8 Å². The summed E-state index contributed by atoms with van der Waals surface area (Å²) in [5.74, 6) is 1.33. The average molecular weight is 301 g/mol. The van der Waals surface area contributed by atoms with E-state index in [0.29, 0.717) is 11.0 Å². The average Bonchev–Trinajstić information content (AvgIpc) is 2.90. The van der Waals surface area contributed by atoms with Crippen LogP contribution in [0.3, 0.4) is 0 Å². The summed E-state index contributed by atoms with van der Waals surface area (Å²) in [5, 5.41) is 0.577. The van der Waals surface area contributed by atoms with E-state index in [1.807, 2.05) is 31.6 Å². The highest BCUT2D eigenvalue weighted by atomic mass is 35.5. The summed E-state index contributed by atoms with van der Waals surface area (Å²) in [5.41, 5.74) is 3.46. The molecule has 21 heavy (non-hydrogen) atoms. The van der Waals surface area contributed by atoms with Crippen molar-refractivity contribution >= 4 is 22.2 Å². The quantitative estimate of drug-likeness (QED) is 0.739. The number of benzene rings is 1. The fourth-order valence-corrected chi connectivity index (χ4v) is 2.53. The first-order valence-corrected chi connectivity index (χ1v) is 7.53. The van der Waals surface area contributed by atoms with Gasteiger partial charge in [-0.05, 0) is 35.1 Å². The molecular weight excluding hydrogens is 280 g/mol. The van der Waals surface area contributed by atoms with E-state index < -0.39 is 0 Å². The van der Waals surface area contributed by atoms with Gasteiger partial charge in [0.25, 0.3) is 0 Å². The molecule has 3 heteroatoms. The second-order valence-corrected chi connectivity index (χ2v) is 5.68. The summed E-state index contributed by atoms with van der Waals surface area (Å²) < 4.78 is 2.05. The van der Waals surface area contributed by atoms with Gasteiger partial charge in [-0.3, -0.25) is 0 Å². The first-order valence-electron chi connectivity index (χ1n) is 7.16. The maximum Gasteiger partial charge on any atom is 0.135 e. The van der Waals surface area contributed by atoms with Crippen LogP contribution in [-0.2, 0) is 7.05 Å². The van der Waals surface area contributed by atoms with Crippen LogP contribution < -0.4 is 0 Å². The summed E-state index contributed by atoms with van der Waals surface area (Å²) in [4.78, 5) is 4.44. The Kier molecular flexibility index (Phi) is 5.03. The number of rotatable bonds is 5. The largest absolute Gasteiger partial charge is 0.334 e. The van der Waals surface area contributed by atoms with E-state index >= 15 is 0 Å². The summed E-state index contributed by atoms with van der Waals surface area (Å²) in [6.45, 7) is 8.14. The Labute approximate surface area is 131 Å². The van der Waals surface area contributed by atoms with Crippen LogP contribution in [0.1, 0.15) is 43.1 Å². The molecule has 0 fully saturated rings. The zero-order chi connectivity index (χ0) is 15.4. The molecule has 0 saturated heterocycles. The summed E-state index contributed by atoms with van der Waals surface area (Å²) in [6.07, 6.45) is 7.04. The normalized spacial score (nSPS) is 13.2. The lowest BCUT2D eigenvalue weighted by atomic mass is 9.95. The third-order valence-electron chi connectivity index (χ3n) is 3.67. The van der Waals surface area contributed by atoms with Gasteiger partial charge in [-0.25, -0.2) is 4.98 Å². The van der Waals surface area contributed by atoms with E-state index in [9.17, 15) is 0 Å². The molecule has 1 atom stereocenters. The number of nitrogens with zero attached hydrogens (tertiary/aromatic N) is 2. The van der Waals surface area contributed by atoms with Crippen LogP contribution in [0.5, 0.6) is 0 Å². The fourth-order valence-electron chi connectivity index (χ4n) is 2.41. The van der Waals surface area contributed by atoms with Crippen molar-refractivity contribution in [2.75, 3.05) is 0 Å². The van der Waals surface area contributed by atoms with Crippen molar-refractivity contribution in [3.8, 4) is 0 Å². The zero-order valence-electron chi connectivity index (χ0n) is 12.8. The van der Waals surface area contributed by atoms with E-state index in [0.717, 1.165) is 17.8 Å². The standard InChI is InChI=1S/C18H21ClN2/c1-5-15(18-20-9-10-21(18)4)11-13(2)16-7-6-8-17(12-16)14(3)19/h6-13H,3,5H2,1-2,4H3/b15-11-.